The molecule has 0 aliphatic carbocycles. The normalized spacial score (nSPS) is 13.6. The number of nitrogens with two attached hydrogens (primary N) is 1. The number of aromatic nitrogens is 2. The van der Waals surface area contributed by atoms with Gasteiger partial charge in [0.05, 0.1) is 11.9 Å². The van der Waals surface area contributed by atoms with Crippen molar-refractivity contribution in [3.63, 3.8) is 0 Å². The number of sulfonamides is 1. The minimum Gasteiger partial charge on any atom is -0.324 e. The molecule has 0 saturated carbocycles. The van der Waals surface area contributed by atoms with Crippen molar-refractivity contribution in [1.29, 1.82) is 0 Å². The van der Waals surface area contributed by atoms with Crippen LogP contribution in [0.15, 0.2) is 29.4 Å². The van der Waals surface area contributed by atoms with Gasteiger partial charge in [-0.3, -0.25) is 9.48 Å². The van der Waals surface area contributed by atoms with Gasteiger partial charge < -0.3 is 10.6 Å². The topological polar surface area (TPSA) is 119 Å². The van der Waals surface area contributed by atoms with Gasteiger partial charge in [0.2, 0.25) is 15.9 Å². The molecule has 2 heterocycles. The Morgan fingerprint density at radius 3 is 2.88 bits per heavy atom. The number of nitrogens with zero attached hydrogens (tertiary/aromatic N) is 2. The van der Waals surface area contributed by atoms with Crippen LogP contribution in [0.25, 0.3) is 0 Å². The summed E-state index contributed by atoms with van der Waals surface area (Å²) in [6, 6.07) is 3.35. The average Bonchev–Trinajstić information content (AvgIpc) is 3.05. The van der Waals surface area contributed by atoms with Gasteiger partial charge >= 0.3 is 0 Å². The van der Waals surface area contributed by atoms with Crippen LogP contribution in [0.5, 0.6) is 0 Å². The van der Waals surface area contributed by atoms with Gasteiger partial charge in [-0.25, -0.2) is 17.9 Å². The minimum absolute atomic E-state index is 0. The van der Waals surface area contributed by atoms with Crippen molar-refractivity contribution in [2.24, 2.45) is 5.14 Å². The number of halogens is 2. The van der Waals surface area contributed by atoms with Gasteiger partial charge in [0.15, 0.2) is 0 Å². The van der Waals surface area contributed by atoms with E-state index in [0.717, 1.165) is 11.8 Å². The summed E-state index contributed by atoms with van der Waals surface area (Å²) in [7, 11) is -3.82. The van der Waals surface area contributed by atoms with E-state index in [0.29, 0.717) is 25.1 Å². The molecule has 4 N–H and O–H groups in total. The third kappa shape index (κ3) is 4.58. The summed E-state index contributed by atoms with van der Waals surface area (Å²) < 4.78 is 38.1. The summed E-state index contributed by atoms with van der Waals surface area (Å²) in [4.78, 5) is 11.9. The molecule has 0 fully saturated rings. The second-order valence-corrected chi connectivity index (χ2v) is 7.34. The van der Waals surface area contributed by atoms with Crippen LogP contribution >= 0.6 is 12.4 Å². The Labute approximate surface area is 156 Å². The van der Waals surface area contributed by atoms with E-state index in [4.69, 9.17) is 5.14 Å². The zero-order valence-corrected chi connectivity index (χ0v) is 15.4. The van der Waals surface area contributed by atoms with Gasteiger partial charge in [-0.15, -0.1) is 12.4 Å². The SMILES string of the molecule is Cl.NS(=O)(=O)c1cnn(CCC(=O)Nc2ccc3c(c2F)CCNC3)c1. The summed E-state index contributed by atoms with van der Waals surface area (Å²) in [5.41, 5.74) is 1.67. The Bertz CT molecular complexity index is 916. The molecule has 1 amide bonds. The standard InChI is InChI=1S/C15H18FN5O3S.ClH/c16-15-12-3-5-18-7-10(12)1-2-13(15)20-14(22)4-6-21-9-11(8-19-21)25(17,23)24;/h1-2,8-9,18H,3-7H2,(H,20,22)(H2,17,23,24);1H. The molecule has 11 heteroatoms. The Kier molecular flexibility index (Phi) is 6.34. The van der Waals surface area contributed by atoms with Crippen molar-refractivity contribution >= 4 is 34.0 Å². The summed E-state index contributed by atoms with van der Waals surface area (Å²) in [5, 5.41) is 14.5. The van der Waals surface area contributed by atoms with E-state index in [-0.39, 0.29) is 41.9 Å². The van der Waals surface area contributed by atoms with Crippen LogP contribution in [0, 0.1) is 5.82 Å². The van der Waals surface area contributed by atoms with Crippen molar-refractivity contribution in [2.75, 3.05) is 11.9 Å². The first-order chi connectivity index (χ1) is 11.8. The van der Waals surface area contributed by atoms with Gasteiger partial charge in [0.25, 0.3) is 0 Å². The summed E-state index contributed by atoms with van der Waals surface area (Å²) in [6.45, 7) is 1.47. The first-order valence-electron chi connectivity index (χ1n) is 7.70. The van der Waals surface area contributed by atoms with Crippen molar-refractivity contribution in [3.8, 4) is 0 Å². The maximum Gasteiger partial charge on any atom is 0.241 e. The molecule has 3 rings (SSSR count). The fourth-order valence-corrected chi connectivity index (χ4v) is 3.14. The second-order valence-electron chi connectivity index (χ2n) is 5.77. The maximum atomic E-state index is 14.5. The number of carbonyl (C=O) groups excluding carboxylic acids is 1. The Balaban J connectivity index is 0.00000243. The molecule has 1 aromatic carbocycles. The largest absolute Gasteiger partial charge is 0.324 e. The predicted octanol–water partition coefficient (Wildman–Crippen LogP) is 0.766. The van der Waals surface area contributed by atoms with Crippen LogP contribution in [0.1, 0.15) is 17.5 Å². The third-order valence-corrected chi connectivity index (χ3v) is 4.86. The lowest BCUT2D eigenvalue weighted by Gasteiger charge is -2.19. The smallest absolute Gasteiger partial charge is 0.241 e. The monoisotopic (exact) mass is 403 g/mol. The average molecular weight is 404 g/mol. The zero-order chi connectivity index (χ0) is 18.0. The third-order valence-electron chi connectivity index (χ3n) is 3.99. The molecule has 142 valence electrons. The van der Waals surface area contributed by atoms with E-state index >= 15 is 0 Å². The molecule has 0 spiro atoms. The summed E-state index contributed by atoms with van der Waals surface area (Å²) >= 11 is 0. The van der Waals surface area contributed by atoms with Crippen molar-refractivity contribution < 1.29 is 17.6 Å². The molecule has 0 unspecified atom stereocenters. The highest BCUT2D eigenvalue weighted by atomic mass is 35.5. The van der Waals surface area contributed by atoms with E-state index in [1.807, 2.05) is 0 Å². The summed E-state index contributed by atoms with van der Waals surface area (Å²) in [6.07, 6.45) is 2.96. The molecule has 0 saturated heterocycles. The zero-order valence-electron chi connectivity index (χ0n) is 13.7. The molecule has 26 heavy (non-hydrogen) atoms. The van der Waals surface area contributed by atoms with E-state index in [9.17, 15) is 17.6 Å². The molecule has 0 atom stereocenters. The van der Waals surface area contributed by atoms with Crippen LogP contribution in [-0.4, -0.2) is 30.7 Å². The van der Waals surface area contributed by atoms with E-state index in [1.54, 1.807) is 12.1 Å². The highest BCUT2D eigenvalue weighted by Gasteiger charge is 2.17. The van der Waals surface area contributed by atoms with Crippen LogP contribution in [0.3, 0.4) is 0 Å². The number of hydrogen-bond donors (Lipinski definition) is 3. The molecule has 8 nitrogen and oxygen atoms in total. The Hall–Kier alpha value is -2.01. The van der Waals surface area contributed by atoms with Crippen LogP contribution in [0.4, 0.5) is 10.1 Å². The van der Waals surface area contributed by atoms with Crippen LogP contribution in [-0.2, 0) is 34.3 Å². The second kappa shape index (κ2) is 8.12. The highest BCUT2D eigenvalue weighted by molar-refractivity contribution is 7.89. The molecular weight excluding hydrogens is 385 g/mol. The molecular formula is C15H19ClFN5O3S. The van der Waals surface area contributed by atoms with E-state index < -0.39 is 15.8 Å². The number of nitrogens with one attached hydrogen (secondary N) is 2. The first kappa shape index (κ1) is 20.3. The Morgan fingerprint density at radius 1 is 1.42 bits per heavy atom. The number of rotatable bonds is 5. The number of carbonyl (C=O) groups is 1. The number of hydrogen-bond acceptors (Lipinski definition) is 5. The molecule has 0 radical (unpaired) electrons. The lowest BCUT2D eigenvalue weighted by Crippen LogP contribution is -2.25. The molecule has 1 aliphatic rings. The number of amides is 1. The fourth-order valence-electron chi connectivity index (χ4n) is 2.67. The van der Waals surface area contributed by atoms with Crippen molar-refractivity contribution in [3.05, 3.63) is 41.5 Å². The quantitative estimate of drug-likeness (QED) is 0.681. The molecule has 2 aromatic rings. The first-order valence-corrected chi connectivity index (χ1v) is 9.25. The summed E-state index contributed by atoms with van der Waals surface area (Å²) in [5.74, 6) is -0.789. The Morgan fingerprint density at radius 2 is 2.19 bits per heavy atom. The minimum atomic E-state index is -3.82. The molecule has 1 aromatic heterocycles. The van der Waals surface area contributed by atoms with E-state index in [2.05, 4.69) is 15.7 Å². The van der Waals surface area contributed by atoms with E-state index in [1.165, 1.54) is 10.9 Å². The van der Waals surface area contributed by atoms with Gasteiger partial charge in [-0.1, -0.05) is 6.07 Å². The van der Waals surface area contributed by atoms with Gasteiger partial charge in [-0.2, -0.15) is 5.10 Å². The fraction of sp³-hybridized carbons (Fsp3) is 0.333. The van der Waals surface area contributed by atoms with Crippen molar-refractivity contribution in [1.82, 2.24) is 15.1 Å². The number of primary sulfonamides is 1. The predicted molar refractivity (Wildman–Crippen MR) is 95.9 cm³/mol. The maximum absolute atomic E-state index is 14.5. The van der Waals surface area contributed by atoms with Crippen LogP contribution < -0.4 is 15.8 Å². The van der Waals surface area contributed by atoms with Crippen molar-refractivity contribution in [2.45, 2.75) is 30.8 Å². The number of anilines is 1. The molecule has 1 aliphatic heterocycles. The highest BCUT2D eigenvalue weighted by Crippen LogP contribution is 2.24. The number of aryl methyl sites for hydroxylation is 1. The number of benzene rings is 1. The molecule has 0 bridgehead atoms. The lowest BCUT2D eigenvalue weighted by molar-refractivity contribution is -0.116. The van der Waals surface area contributed by atoms with Crippen LogP contribution in [0.2, 0.25) is 0 Å². The van der Waals surface area contributed by atoms with Gasteiger partial charge in [-0.05, 0) is 30.2 Å². The lowest BCUT2D eigenvalue weighted by atomic mass is 9.99. The number of fused-ring (bicyclic) bond motifs is 1. The van der Waals surface area contributed by atoms with Gasteiger partial charge in [0.1, 0.15) is 10.7 Å². The van der Waals surface area contributed by atoms with Gasteiger partial charge in [0, 0.05) is 25.7 Å².